The fourth-order valence-corrected chi connectivity index (χ4v) is 2.68. The number of carbonyl (C=O) groups excluding carboxylic acids is 1. The zero-order valence-corrected chi connectivity index (χ0v) is 10.5. The second-order valence-electron chi connectivity index (χ2n) is 4.70. The number of pyridine rings is 1. The van der Waals surface area contributed by atoms with Gasteiger partial charge < -0.3 is 5.73 Å². The first-order valence-electron chi connectivity index (χ1n) is 6.12. The molecule has 0 aromatic carbocycles. The number of nitrogens with zero attached hydrogens (tertiary/aromatic N) is 1. The van der Waals surface area contributed by atoms with Crippen LogP contribution < -0.4 is 5.73 Å². The fraction of sp³-hybridized carbons (Fsp3) is 0.538. The first kappa shape index (κ1) is 12.4. The molecule has 1 amide bonds. The SMILES string of the molecule is NC(=O)c1ccc(Cl)nc1CC1CCCCC1. The Morgan fingerprint density at radius 3 is 2.71 bits per heavy atom. The average Bonchev–Trinajstić information content (AvgIpc) is 2.30. The van der Waals surface area contributed by atoms with Gasteiger partial charge in [0.05, 0.1) is 11.3 Å². The van der Waals surface area contributed by atoms with Crippen molar-refractivity contribution in [1.29, 1.82) is 0 Å². The van der Waals surface area contributed by atoms with Crippen LogP contribution in [0.3, 0.4) is 0 Å². The number of rotatable bonds is 3. The molecule has 0 unspecified atom stereocenters. The van der Waals surface area contributed by atoms with Crippen molar-refractivity contribution in [2.24, 2.45) is 11.7 Å². The maximum absolute atomic E-state index is 11.3. The molecule has 1 saturated carbocycles. The van der Waals surface area contributed by atoms with Gasteiger partial charge in [-0.3, -0.25) is 4.79 Å². The van der Waals surface area contributed by atoms with E-state index in [1.54, 1.807) is 12.1 Å². The van der Waals surface area contributed by atoms with Gasteiger partial charge in [-0.05, 0) is 24.5 Å². The van der Waals surface area contributed by atoms with E-state index in [2.05, 4.69) is 4.98 Å². The van der Waals surface area contributed by atoms with E-state index in [-0.39, 0.29) is 0 Å². The van der Waals surface area contributed by atoms with Gasteiger partial charge in [-0.1, -0.05) is 43.7 Å². The lowest BCUT2D eigenvalue weighted by Gasteiger charge is -2.21. The Labute approximate surface area is 106 Å². The van der Waals surface area contributed by atoms with E-state index in [0.717, 1.165) is 12.1 Å². The number of hydrogen-bond donors (Lipinski definition) is 1. The van der Waals surface area contributed by atoms with Crippen molar-refractivity contribution in [3.8, 4) is 0 Å². The highest BCUT2D eigenvalue weighted by molar-refractivity contribution is 6.29. The number of aromatic nitrogens is 1. The quantitative estimate of drug-likeness (QED) is 0.841. The third-order valence-electron chi connectivity index (χ3n) is 3.41. The summed E-state index contributed by atoms with van der Waals surface area (Å²) in [5.41, 5.74) is 6.62. The van der Waals surface area contributed by atoms with Gasteiger partial charge in [0.15, 0.2) is 0 Å². The molecule has 1 aromatic heterocycles. The third kappa shape index (κ3) is 3.19. The maximum Gasteiger partial charge on any atom is 0.250 e. The Morgan fingerprint density at radius 2 is 2.06 bits per heavy atom. The van der Waals surface area contributed by atoms with Gasteiger partial charge in [-0.2, -0.15) is 0 Å². The fourth-order valence-electron chi connectivity index (χ4n) is 2.52. The molecule has 0 saturated heterocycles. The van der Waals surface area contributed by atoms with Crippen molar-refractivity contribution in [2.45, 2.75) is 38.5 Å². The van der Waals surface area contributed by atoms with E-state index in [9.17, 15) is 4.79 Å². The Morgan fingerprint density at radius 1 is 1.35 bits per heavy atom. The number of primary amides is 1. The lowest BCUT2D eigenvalue weighted by Crippen LogP contribution is -2.18. The Bertz CT molecular complexity index is 414. The van der Waals surface area contributed by atoms with Crippen LogP contribution >= 0.6 is 11.6 Å². The highest BCUT2D eigenvalue weighted by Crippen LogP contribution is 2.27. The minimum absolute atomic E-state index is 0.417. The number of halogens is 1. The predicted octanol–water partition coefficient (Wildman–Crippen LogP) is 2.96. The van der Waals surface area contributed by atoms with E-state index < -0.39 is 5.91 Å². The number of amides is 1. The Balaban J connectivity index is 2.17. The second kappa shape index (κ2) is 5.50. The highest BCUT2D eigenvalue weighted by Gasteiger charge is 2.18. The molecule has 1 aliphatic carbocycles. The summed E-state index contributed by atoms with van der Waals surface area (Å²) in [6.07, 6.45) is 7.12. The molecule has 1 aromatic rings. The van der Waals surface area contributed by atoms with E-state index in [4.69, 9.17) is 17.3 Å². The topological polar surface area (TPSA) is 56.0 Å². The molecule has 1 heterocycles. The van der Waals surface area contributed by atoms with Gasteiger partial charge in [0.1, 0.15) is 5.15 Å². The van der Waals surface area contributed by atoms with Crippen LogP contribution in [0.4, 0.5) is 0 Å². The lowest BCUT2D eigenvalue weighted by atomic mass is 9.85. The summed E-state index contributed by atoms with van der Waals surface area (Å²) in [6, 6.07) is 3.29. The molecule has 1 aliphatic rings. The van der Waals surface area contributed by atoms with E-state index in [0.29, 0.717) is 16.6 Å². The maximum atomic E-state index is 11.3. The van der Waals surface area contributed by atoms with Crippen LogP contribution in [0.15, 0.2) is 12.1 Å². The lowest BCUT2D eigenvalue weighted by molar-refractivity contribution is 0.0998. The van der Waals surface area contributed by atoms with Crippen molar-refractivity contribution in [3.05, 3.63) is 28.5 Å². The zero-order chi connectivity index (χ0) is 12.3. The molecule has 2 N–H and O–H groups in total. The Hall–Kier alpha value is -1.09. The molecule has 17 heavy (non-hydrogen) atoms. The first-order valence-corrected chi connectivity index (χ1v) is 6.50. The summed E-state index contributed by atoms with van der Waals surface area (Å²) in [5.74, 6) is 0.202. The molecular formula is C13H17ClN2O. The van der Waals surface area contributed by atoms with Crippen LogP contribution in [-0.2, 0) is 6.42 Å². The van der Waals surface area contributed by atoms with Crippen molar-refractivity contribution >= 4 is 17.5 Å². The smallest absolute Gasteiger partial charge is 0.250 e. The average molecular weight is 253 g/mol. The van der Waals surface area contributed by atoms with Crippen LogP contribution in [0.2, 0.25) is 5.15 Å². The molecule has 1 fully saturated rings. The van der Waals surface area contributed by atoms with Crippen LogP contribution in [0.5, 0.6) is 0 Å². The van der Waals surface area contributed by atoms with E-state index in [1.165, 1.54) is 32.1 Å². The first-order chi connectivity index (χ1) is 8.16. The van der Waals surface area contributed by atoms with E-state index >= 15 is 0 Å². The van der Waals surface area contributed by atoms with Crippen molar-refractivity contribution < 1.29 is 4.79 Å². The number of nitrogens with two attached hydrogens (primary N) is 1. The molecule has 92 valence electrons. The van der Waals surface area contributed by atoms with Crippen LogP contribution in [-0.4, -0.2) is 10.9 Å². The summed E-state index contributed by atoms with van der Waals surface area (Å²) in [4.78, 5) is 15.6. The number of carbonyl (C=O) groups is 1. The van der Waals surface area contributed by atoms with Crippen molar-refractivity contribution in [1.82, 2.24) is 4.98 Å². The molecule has 0 spiro atoms. The van der Waals surface area contributed by atoms with Gasteiger partial charge >= 0.3 is 0 Å². The molecule has 3 nitrogen and oxygen atoms in total. The number of hydrogen-bond acceptors (Lipinski definition) is 2. The molecule has 0 atom stereocenters. The highest BCUT2D eigenvalue weighted by atomic mass is 35.5. The third-order valence-corrected chi connectivity index (χ3v) is 3.62. The van der Waals surface area contributed by atoms with Gasteiger partial charge in [-0.15, -0.1) is 0 Å². The van der Waals surface area contributed by atoms with Crippen LogP contribution in [0.25, 0.3) is 0 Å². The van der Waals surface area contributed by atoms with Crippen molar-refractivity contribution in [3.63, 3.8) is 0 Å². The molecule has 2 rings (SSSR count). The predicted molar refractivity (Wildman–Crippen MR) is 68.0 cm³/mol. The Kier molecular flexibility index (Phi) is 4.00. The standard InChI is InChI=1S/C13H17ClN2O/c14-12-7-6-10(13(15)17)11(16-12)8-9-4-2-1-3-5-9/h6-7,9H,1-5,8H2,(H2,15,17). The summed E-state index contributed by atoms with van der Waals surface area (Å²) in [6.45, 7) is 0. The molecule has 4 heteroatoms. The minimum atomic E-state index is -0.417. The van der Waals surface area contributed by atoms with Crippen molar-refractivity contribution in [2.75, 3.05) is 0 Å². The van der Waals surface area contributed by atoms with Crippen LogP contribution in [0, 0.1) is 5.92 Å². The van der Waals surface area contributed by atoms with Gasteiger partial charge in [0.2, 0.25) is 0 Å². The largest absolute Gasteiger partial charge is 0.366 e. The van der Waals surface area contributed by atoms with Gasteiger partial charge in [0.25, 0.3) is 5.91 Å². The summed E-state index contributed by atoms with van der Waals surface area (Å²) in [7, 11) is 0. The van der Waals surface area contributed by atoms with Crippen LogP contribution in [0.1, 0.15) is 48.2 Å². The molecule has 0 radical (unpaired) electrons. The summed E-state index contributed by atoms with van der Waals surface area (Å²) < 4.78 is 0. The second-order valence-corrected chi connectivity index (χ2v) is 5.09. The summed E-state index contributed by atoms with van der Waals surface area (Å²) >= 11 is 5.88. The van der Waals surface area contributed by atoms with Gasteiger partial charge in [-0.25, -0.2) is 4.98 Å². The summed E-state index contributed by atoms with van der Waals surface area (Å²) in [5, 5.41) is 0.431. The normalized spacial score (nSPS) is 17.0. The zero-order valence-electron chi connectivity index (χ0n) is 9.79. The molecule has 0 aliphatic heterocycles. The minimum Gasteiger partial charge on any atom is -0.366 e. The molecule has 0 bridgehead atoms. The van der Waals surface area contributed by atoms with E-state index in [1.807, 2.05) is 0 Å². The molecular weight excluding hydrogens is 236 g/mol. The monoisotopic (exact) mass is 252 g/mol. The van der Waals surface area contributed by atoms with Gasteiger partial charge in [0, 0.05) is 0 Å².